The topological polar surface area (TPSA) is 82.8 Å². The fourth-order valence-electron chi connectivity index (χ4n) is 3.32. The Morgan fingerprint density at radius 2 is 1.87 bits per heavy atom. The fourth-order valence-corrected chi connectivity index (χ4v) is 3.32. The first kappa shape index (κ1) is 20.7. The van der Waals surface area contributed by atoms with Gasteiger partial charge in [-0.15, -0.1) is 0 Å². The molecule has 31 heavy (non-hydrogen) atoms. The van der Waals surface area contributed by atoms with Crippen LogP contribution in [0.3, 0.4) is 0 Å². The summed E-state index contributed by atoms with van der Waals surface area (Å²) in [5, 5.41) is 17.0. The predicted molar refractivity (Wildman–Crippen MR) is 121 cm³/mol. The zero-order valence-electron chi connectivity index (χ0n) is 17.6. The number of carbonyl (C=O) groups is 1. The van der Waals surface area contributed by atoms with Gasteiger partial charge in [-0.2, -0.15) is 5.10 Å². The molecular formula is C24H25N5O2. The molecule has 2 aromatic carbocycles. The molecule has 4 rings (SSSR count). The number of aromatic nitrogens is 3. The van der Waals surface area contributed by atoms with Gasteiger partial charge in [-0.25, -0.2) is 9.50 Å². The molecule has 0 atom stereocenters. The Kier molecular flexibility index (Phi) is 6.06. The van der Waals surface area contributed by atoms with Crippen LogP contribution in [0.15, 0.2) is 66.9 Å². The number of rotatable bonds is 7. The maximum Gasteiger partial charge on any atom is 0.251 e. The molecule has 0 saturated carbocycles. The van der Waals surface area contributed by atoms with Crippen molar-refractivity contribution in [2.75, 3.05) is 27.2 Å². The van der Waals surface area contributed by atoms with E-state index in [4.69, 9.17) is 5.10 Å². The number of benzene rings is 2. The first-order valence-electron chi connectivity index (χ1n) is 10.1. The molecule has 7 nitrogen and oxygen atoms in total. The third kappa shape index (κ3) is 4.63. The Morgan fingerprint density at radius 1 is 1.06 bits per heavy atom. The second-order valence-electron chi connectivity index (χ2n) is 7.63. The van der Waals surface area contributed by atoms with Gasteiger partial charge in [0.25, 0.3) is 5.91 Å². The van der Waals surface area contributed by atoms with Crippen LogP contribution in [0.25, 0.3) is 28.2 Å². The minimum atomic E-state index is -0.102. The van der Waals surface area contributed by atoms with E-state index in [0.29, 0.717) is 12.1 Å². The number of imidazole rings is 1. The molecule has 0 fully saturated rings. The van der Waals surface area contributed by atoms with E-state index in [1.165, 1.54) is 0 Å². The minimum absolute atomic E-state index is 0.0114. The van der Waals surface area contributed by atoms with Crippen LogP contribution in [0.2, 0.25) is 0 Å². The van der Waals surface area contributed by atoms with Crippen molar-refractivity contribution in [2.45, 2.75) is 6.61 Å². The number of hydrogen-bond acceptors (Lipinski definition) is 5. The second-order valence-corrected chi connectivity index (χ2v) is 7.63. The van der Waals surface area contributed by atoms with Gasteiger partial charge in [0.15, 0.2) is 5.65 Å². The van der Waals surface area contributed by atoms with Crippen molar-refractivity contribution < 1.29 is 9.90 Å². The molecule has 2 heterocycles. The van der Waals surface area contributed by atoms with Crippen molar-refractivity contribution in [3.8, 4) is 22.5 Å². The monoisotopic (exact) mass is 415 g/mol. The largest absolute Gasteiger partial charge is 0.392 e. The average molecular weight is 415 g/mol. The van der Waals surface area contributed by atoms with Gasteiger partial charge < -0.3 is 15.3 Å². The van der Waals surface area contributed by atoms with Gasteiger partial charge in [-0.05, 0) is 43.9 Å². The van der Waals surface area contributed by atoms with E-state index in [-0.39, 0.29) is 12.5 Å². The summed E-state index contributed by atoms with van der Waals surface area (Å²) in [7, 11) is 3.94. The lowest BCUT2D eigenvalue weighted by Crippen LogP contribution is -2.31. The zero-order chi connectivity index (χ0) is 21.8. The maximum absolute atomic E-state index is 12.5. The number of amides is 1. The summed E-state index contributed by atoms with van der Waals surface area (Å²) in [6, 6.07) is 19.0. The molecule has 0 aliphatic heterocycles. The standard InChI is InChI=1S/C24H25N5O2/c1-28(2)13-12-25-24(31)20-5-3-4-19(14-20)22-15-26-23-11-10-21(27-29(22)23)18-8-6-17(16-30)7-9-18/h3-11,14-15,30H,12-13,16H2,1-2H3,(H,25,31). The third-order valence-corrected chi connectivity index (χ3v) is 5.06. The smallest absolute Gasteiger partial charge is 0.251 e. The van der Waals surface area contributed by atoms with Crippen molar-refractivity contribution in [1.82, 2.24) is 24.8 Å². The molecule has 2 aromatic heterocycles. The normalized spacial score (nSPS) is 11.2. The maximum atomic E-state index is 12.5. The van der Waals surface area contributed by atoms with Gasteiger partial charge in [0.2, 0.25) is 0 Å². The molecule has 2 N–H and O–H groups in total. The molecule has 0 aliphatic rings. The van der Waals surface area contributed by atoms with Gasteiger partial charge in [0, 0.05) is 29.8 Å². The summed E-state index contributed by atoms with van der Waals surface area (Å²) in [6.45, 7) is 1.38. The van der Waals surface area contributed by atoms with Gasteiger partial charge in [-0.3, -0.25) is 4.79 Å². The van der Waals surface area contributed by atoms with E-state index in [9.17, 15) is 9.90 Å². The first-order valence-corrected chi connectivity index (χ1v) is 10.1. The zero-order valence-corrected chi connectivity index (χ0v) is 17.6. The molecule has 7 heteroatoms. The number of carbonyl (C=O) groups excluding carboxylic acids is 1. The fraction of sp³-hybridized carbons (Fsp3) is 0.208. The van der Waals surface area contributed by atoms with Gasteiger partial charge in [0.1, 0.15) is 0 Å². The van der Waals surface area contributed by atoms with E-state index in [1.54, 1.807) is 16.8 Å². The Balaban J connectivity index is 1.64. The van der Waals surface area contributed by atoms with Crippen LogP contribution in [0, 0.1) is 0 Å². The number of aliphatic hydroxyl groups is 1. The van der Waals surface area contributed by atoms with E-state index in [1.807, 2.05) is 73.6 Å². The number of likely N-dealkylation sites (N-methyl/N-ethyl adjacent to an activating group) is 1. The lowest BCUT2D eigenvalue weighted by Gasteiger charge is -2.11. The van der Waals surface area contributed by atoms with Crippen LogP contribution >= 0.6 is 0 Å². The van der Waals surface area contributed by atoms with Crippen LogP contribution in [-0.2, 0) is 6.61 Å². The van der Waals surface area contributed by atoms with Crippen molar-refractivity contribution >= 4 is 11.6 Å². The minimum Gasteiger partial charge on any atom is -0.392 e. The van der Waals surface area contributed by atoms with Crippen LogP contribution < -0.4 is 5.32 Å². The molecule has 0 unspecified atom stereocenters. The Labute approximate surface area is 181 Å². The molecule has 0 spiro atoms. The predicted octanol–water partition coefficient (Wildman–Crippen LogP) is 2.85. The van der Waals surface area contributed by atoms with Crippen LogP contribution in [-0.4, -0.2) is 57.7 Å². The van der Waals surface area contributed by atoms with E-state index >= 15 is 0 Å². The summed E-state index contributed by atoms with van der Waals surface area (Å²) in [4.78, 5) is 19.0. The molecule has 4 aromatic rings. The molecule has 0 bridgehead atoms. The van der Waals surface area contributed by atoms with Gasteiger partial charge >= 0.3 is 0 Å². The summed E-state index contributed by atoms with van der Waals surface area (Å²) in [5.74, 6) is -0.102. The Bertz CT molecular complexity index is 1200. The van der Waals surface area contributed by atoms with Gasteiger partial charge in [-0.1, -0.05) is 36.4 Å². The lowest BCUT2D eigenvalue weighted by atomic mass is 10.1. The highest BCUT2D eigenvalue weighted by molar-refractivity contribution is 5.95. The number of fused-ring (bicyclic) bond motifs is 1. The van der Waals surface area contributed by atoms with Crippen molar-refractivity contribution in [2.24, 2.45) is 0 Å². The van der Waals surface area contributed by atoms with E-state index in [0.717, 1.165) is 40.3 Å². The van der Waals surface area contributed by atoms with Gasteiger partial charge in [0.05, 0.1) is 24.2 Å². The SMILES string of the molecule is CN(C)CCNC(=O)c1cccc(-c2cnc3ccc(-c4ccc(CO)cc4)nn23)c1. The first-order chi connectivity index (χ1) is 15.0. The molecule has 1 amide bonds. The van der Waals surface area contributed by atoms with E-state index < -0.39 is 0 Å². The van der Waals surface area contributed by atoms with Crippen molar-refractivity contribution in [3.05, 3.63) is 78.0 Å². The molecule has 0 aliphatic carbocycles. The third-order valence-electron chi connectivity index (χ3n) is 5.06. The highest BCUT2D eigenvalue weighted by Crippen LogP contribution is 2.24. The van der Waals surface area contributed by atoms with E-state index in [2.05, 4.69) is 10.3 Å². The molecule has 0 radical (unpaired) electrons. The summed E-state index contributed by atoms with van der Waals surface area (Å²) in [6.07, 6.45) is 1.77. The number of nitrogens with one attached hydrogen (secondary N) is 1. The Hall–Kier alpha value is -3.55. The average Bonchev–Trinajstić information content (AvgIpc) is 3.22. The number of nitrogens with zero attached hydrogens (tertiary/aromatic N) is 4. The Morgan fingerprint density at radius 3 is 2.61 bits per heavy atom. The molecule has 0 saturated heterocycles. The number of aliphatic hydroxyl groups excluding tert-OH is 1. The van der Waals surface area contributed by atoms with Crippen LogP contribution in [0.5, 0.6) is 0 Å². The lowest BCUT2D eigenvalue weighted by molar-refractivity contribution is 0.0951. The van der Waals surface area contributed by atoms with Crippen LogP contribution in [0.1, 0.15) is 15.9 Å². The van der Waals surface area contributed by atoms with Crippen molar-refractivity contribution in [1.29, 1.82) is 0 Å². The molecular weight excluding hydrogens is 390 g/mol. The van der Waals surface area contributed by atoms with Crippen molar-refractivity contribution in [3.63, 3.8) is 0 Å². The highest BCUT2D eigenvalue weighted by atomic mass is 16.3. The summed E-state index contributed by atoms with van der Waals surface area (Å²) >= 11 is 0. The quantitative estimate of drug-likeness (QED) is 0.485. The molecule has 158 valence electrons. The highest BCUT2D eigenvalue weighted by Gasteiger charge is 2.12. The number of hydrogen-bond donors (Lipinski definition) is 2. The summed E-state index contributed by atoms with van der Waals surface area (Å²) in [5.41, 5.74) is 5.61. The second kappa shape index (κ2) is 9.07. The van der Waals surface area contributed by atoms with Crippen LogP contribution in [0.4, 0.5) is 0 Å². The summed E-state index contributed by atoms with van der Waals surface area (Å²) < 4.78 is 1.79.